The minimum atomic E-state index is -3.32. The van der Waals surface area contributed by atoms with E-state index in [1.165, 1.54) is 6.26 Å². The number of benzene rings is 2. The number of ether oxygens (including phenoxy) is 1. The Hall–Kier alpha value is -2.18. The van der Waals surface area contributed by atoms with Crippen molar-refractivity contribution in [3.8, 4) is 11.1 Å². The molecule has 0 aliphatic rings. The molecule has 0 saturated carbocycles. The molecule has 0 heterocycles. The predicted molar refractivity (Wildman–Crippen MR) is 103 cm³/mol. The van der Waals surface area contributed by atoms with Crippen LogP contribution in [0.1, 0.15) is 26.3 Å². The Labute approximate surface area is 155 Å². The van der Waals surface area contributed by atoms with Crippen molar-refractivity contribution >= 4 is 15.8 Å². The fraction of sp³-hybridized carbons (Fsp3) is 0.350. The molecular weight excluding hydrogens is 350 g/mol. The molecule has 0 radical (unpaired) electrons. The second-order valence-electron chi connectivity index (χ2n) is 7.31. The van der Waals surface area contributed by atoms with Gasteiger partial charge in [-0.1, -0.05) is 42.5 Å². The Balaban J connectivity index is 2.19. The Bertz CT molecular complexity index is 881. The third-order valence-corrected chi connectivity index (χ3v) is 4.87. The quantitative estimate of drug-likeness (QED) is 0.812. The molecule has 1 atom stereocenters. The standard InChI is InChI=1S/C20H25NO4S/c1-20(2,3)25-19(22)17(21)13-14-9-11-15(12-10-14)16-7-5-6-8-18(16)26(4,23)24/h5-12,17H,13,21H2,1-4H3/t17-/m0/s1. The largest absolute Gasteiger partial charge is 0.459 e. The Morgan fingerprint density at radius 1 is 1.08 bits per heavy atom. The average Bonchev–Trinajstić information content (AvgIpc) is 2.53. The summed E-state index contributed by atoms with van der Waals surface area (Å²) in [7, 11) is -3.32. The summed E-state index contributed by atoms with van der Waals surface area (Å²) in [5, 5.41) is 0. The van der Waals surface area contributed by atoms with E-state index in [4.69, 9.17) is 10.5 Å². The van der Waals surface area contributed by atoms with Gasteiger partial charge in [-0.3, -0.25) is 4.79 Å². The van der Waals surface area contributed by atoms with Gasteiger partial charge in [0.05, 0.1) is 4.90 Å². The maximum atomic E-state index is 12.0. The van der Waals surface area contributed by atoms with Gasteiger partial charge in [-0.05, 0) is 44.4 Å². The third-order valence-electron chi connectivity index (χ3n) is 3.72. The van der Waals surface area contributed by atoms with Crippen molar-refractivity contribution < 1.29 is 17.9 Å². The summed E-state index contributed by atoms with van der Waals surface area (Å²) in [5.74, 6) is -0.441. The Morgan fingerprint density at radius 2 is 1.65 bits per heavy atom. The zero-order valence-electron chi connectivity index (χ0n) is 15.5. The lowest BCUT2D eigenvalue weighted by molar-refractivity contribution is -0.156. The van der Waals surface area contributed by atoms with Crippen LogP contribution in [0.2, 0.25) is 0 Å². The summed E-state index contributed by atoms with van der Waals surface area (Å²) in [5.41, 5.74) is 7.68. The number of carbonyl (C=O) groups excluding carboxylic acids is 1. The van der Waals surface area contributed by atoms with Crippen LogP contribution in [0.3, 0.4) is 0 Å². The smallest absolute Gasteiger partial charge is 0.323 e. The molecular formula is C20H25NO4S. The van der Waals surface area contributed by atoms with Gasteiger partial charge in [0, 0.05) is 11.8 Å². The molecule has 2 rings (SSSR count). The molecule has 0 bridgehead atoms. The molecule has 6 heteroatoms. The van der Waals surface area contributed by atoms with Crippen molar-refractivity contribution in [1.82, 2.24) is 0 Å². The highest BCUT2D eigenvalue weighted by Crippen LogP contribution is 2.27. The molecule has 0 aliphatic heterocycles. The van der Waals surface area contributed by atoms with Gasteiger partial charge < -0.3 is 10.5 Å². The van der Waals surface area contributed by atoms with Gasteiger partial charge in [0.15, 0.2) is 9.84 Å². The molecule has 2 aromatic carbocycles. The summed E-state index contributed by atoms with van der Waals surface area (Å²) in [6, 6.07) is 13.5. The first-order valence-corrected chi connectivity index (χ1v) is 10.2. The first-order valence-electron chi connectivity index (χ1n) is 8.34. The summed E-state index contributed by atoms with van der Waals surface area (Å²) >= 11 is 0. The number of esters is 1. The number of hydrogen-bond acceptors (Lipinski definition) is 5. The van der Waals surface area contributed by atoms with Crippen LogP contribution in [0.5, 0.6) is 0 Å². The van der Waals surface area contributed by atoms with Crippen LogP contribution in [-0.2, 0) is 25.8 Å². The lowest BCUT2D eigenvalue weighted by Crippen LogP contribution is -2.38. The number of carbonyl (C=O) groups is 1. The molecule has 0 amide bonds. The molecule has 0 fully saturated rings. The van der Waals surface area contributed by atoms with E-state index in [1.807, 2.05) is 24.3 Å². The Kier molecular flexibility index (Phi) is 5.88. The second kappa shape index (κ2) is 7.60. The van der Waals surface area contributed by atoms with Crippen LogP contribution < -0.4 is 5.73 Å². The summed E-state index contributed by atoms with van der Waals surface area (Å²) in [6.45, 7) is 5.39. The molecule has 0 unspecified atom stereocenters. The van der Waals surface area contributed by atoms with Gasteiger partial charge >= 0.3 is 5.97 Å². The normalized spacial score (nSPS) is 13.3. The number of rotatable bonds is 5. The fourth-order valence-corrected chi connectivity index (χ4v) is 3.47. The van der Waals surface area contributed by atoms with Crippen molar-refractivity contribution in [2.24, 2.45) is 5.73 Å². The van der Waals surface area contributed by atoms with Crippen LogP contribution in [0.4, 0.5) is 0 Å². The molecule has 2 N–H and O–H groups in total. The molecule has 140 valence electrons. The van der Waals surface area contributed by atoms with Crippen LogP contribution in [-0.4, -0.2) is 32.3 Å². The highest BCUT2D eigenvalue weighted by molar-refractivity contribution is 7.90. The molecule has 5 nitrogen and oxygen atoms in total. The first kappa shape index (κ1) is 20.1. The van der Waals surface area contributed by atoms with Crippen LogP contribution in [0, 0.1) is 0 Å². The predicted octanol–water partition coefficient (Wildman–Crippen LogP) is 2.97. The van der Waals surface area contributed by atoms with Gasteiger partial charge in [0.1, 0.15) is 11.6 Å². The number of hydrogen-bond donors (Lipinski definition) is 1. The van der Waals surface area contributed by atoms with Gasteiger partial charge in [0.25, 0.3) is 0 Å². The van der Waals surface area contributed by atoms with Gasteiger partial charge in [-0.25, -0.2) is 8.42 Å². The monoisotopic (exact) mass is 375 g/mol. The lowest BCUT2D eigenvalue weighted by atomic mass is 10.0. The van der Waals surface area contributed by atoms with Crippen LogP contribution in [0.15, 0.2) is 53.4 Å². The zero-order chi connectivity index (χ0) is 19.5. The van der Waals surface area contributed by atoms with E-state index in [0.29, 0.717) is 16.9 Å². The van der Waals surface area contributed by atoms with Crippen molar-refractivity contribution in [1.29, 1.82) is 0 Å². The highest BCUT2D eigenvalue weighted by atomic mass is 32.2. The van der Waals surface area contributed by atoms with Gasteiger partial charge in [0.2, 0.25) is 0 Å². The van der Waals surface area contributed by atoms with Crippen LogP contribution >= 0.6 is 0 Å². The summed E-state index contributed by atoms with van der Waals surface area (Å²) < 4.78 is 29.2. The summed E-state index contributed by atoms with van der Waals surface area (Å²) in [4.78, 5) is 12.3. The fourth-order valence-electron chi connectivity index (χ4n) is 2.56. The van der Waals surface area contributed by atoms with E-state index >= 15 is 0 Å². The zero-order valence-corrected chi connectivity index (χ0v) is 16.3. The van der Waals surface area contributed by atoms with E-state index in [9.17, 15) is 13.2 Å². The Morgan fingerprint density at radius 3 is 2.19 bits per heavy atom. The lowest BCUT2D eigenvalue weighted by Gasteiger charge is -2.22. The molecule has 2 aromatic rings. The summed E-state index contributed by atoms with van der Waals surface area (Å²) in [6.07, 6.45) is 1.54. The molecule has 26 heavy (non-hydrogen) atoms. The minimum absolute atomic E-state index is 0.290. The SMILES string of the molecule is CC(C)(C)OC(=O)[C@@H](N)Cc1ccc(-c2ccccc2S(C)(=O)=O)cc1. The maximum Gasteiger partial charge on any atom is 0.323 e. The van der Waals surface area contributed by atoms with Crippen LogP contribution in [0.25, 0.3) is 11.1 Å². The van der Waals surface area contributed by atoms with Gasteiger partial charge in [-0.2, -0.15) is 0 Å². The molecule has 0 saturated heterocycles. The maximum absolute atomic E-state index is 12.0. The van der Waals surface area contributed by atoms with E-state index in [-0.39, 0.29) is 0 Å². The highest BCUT2D eigenvalue weighted by Gasteiger charge is 2.22. The van der Waals surface area contributed by atoms with E-state index in [0.717, 1.165) is 11.1 Å². The van der Waals surface area contributed by atoms with E-state index in [2.05, 4.69) is 0 Å². The van der Waals surface area contributed by atoms with E-state index in [1.54, 1.807) is 45.0 Å². The third kappa shape index (κ3) is 5.41. The first-order chi connectivity index (χ1) is 12.0. The molecule has 0 spiro atoms. The van der Waals surface area contributed by atoms with Crippen molar-refractivity contribution in [3.63, 3.8) is 0 Å². The molecule has 0 aliphatic carbocycles. The van der Waals surface area contributed by atoms with Crippen molar-refractivity contribution in [2.45, 2.75) is 43.7 Å². The topological polar surface area (TPSA) is 86.5 Å². The molecule has 0 aromatic heterocycles. The average molecular weight is 375 g/mol. The van der Waals surface area contributed by atoms with Gasteiger partial charge in [-0.15, -0.1) is 0 Å². The van der Waals surface area contributed by atoms with Crippen molar-refractivity contribution in [3.05, 3.63) is 54.1 Å². The minimum Gasteiger partial charge on any atom is -0.459 e. The van der Waals surface area contributed by atoms with Crippen molar-refractivity contribution in [2.75, 3.05) is 6.26 Å². The van der Waals surface area contributed by atoms with E-state index < -0.39 is 27.4 Å². The number of sulfone groups is 1. The number of nitrogens with two attached hydrogens (primary N) is 1. The second-order valence-corrected chi connectivity index (χ2v) is 9.29.